The number of hydrogen-bond donors (Lipinski definition) is 1. The highest BCUT2D eigenvalue weighted by Gasteiger charge is 2.05. The minimum Gasteiger partial charge on any atom is -0.494 e. The van der Waals surface area contributed by atoms with Gasteiger partial charge < -0.3 is 10.1 Å². The number of amides is 1. The zero-order valence-corrected chi connectivity index (χ0v) is 14.8. The van der Waals surface area contributed by atoms with Crippen LogP contribution in [0, 0.1) is 0 Å². The Morgan fingerprint density at radius 3 is 2.67 bits per heavy atom. The number of ether oxygens (including phenoxy) is 1. The predicted octanol–water partition coefficient (Wildman–Crippen LogP) is 2.66. The summed E-state index contributed by atoms with van der Waals surface area (Å²) in [6.07, 6.45) is 2.40. The van der Waals surface area contributed by atoms with Gasteiger partial charge in [-0.3, -0.25) is 9.59 Å². The molecule has 0 aliphatic carbocycles. The number of tetrazole rings is 1. The van der Waals surface area contributed by atoms with Crippen LogP contribution in [-0.4, -0.2) is 38.5 Å². The Kier molecular flexibility index (Phi) is 5.88. The highest BCUT2D eigenvalue weighted by molar-refractivity contribution is 5.94. The van der Waals surface area contributed by atoms with E-state index in [0.717, 1.165) is 5.69 Å². The van der Waals surface area contributed by atoms with Gasteiger partial charge in [-0.15, -0.1) is 5.10 Å². The van der Waals surface area contributed by atoms with Gasteiger partial charge in [0, 0.05) is 17.7 Å². The maximum absolute atomic E-state index is 12.1. The lowest BCUT2D eigenvalue weighted by Gasteiger charge is -2.08. The molecular weight excluding hydrogens is 346 g/mol. The molecule has 3 rings (SSSR count). The maximum atomic E-state index is 12.1. The van der Waals surface area contributed by atoms with E-state index in [0.29, 0.717) is 36.4 Å². The van der Waals surface area contributed by atoms with Gasteiger partial charge in [0.15, 0.2) is 5.78 Å². The summed E-state index contributed by atoms with van der Waals surface area (Å²) in [6.45, 7) is 1.94. The molecule has 0 fully saturated rings. The summed E-state index contributed by atoms with van der Waals surface area (Å²) in [5, 5.41) is 13.9. The molecule has 138 valence electrons. The van der Waals surface area contributed by atoms with Crippen LogP contribution in [0.3, 0.4) is 0 Å². The first kappa shape index (κ1) is 18.2. The summed E-state index contributed by atoms with van der Waals surface area (Å²) in [5.41, 5.74) is 2.08. The molecule has 1 amide bonds. The minimum atomic E-state index is -0.0978. The number of anilines is 1. The van der Waals surface area contributed by atoms with Gasteiger partial charge in [-0.2, -0.15) is 0 Å². The topological polar surface area (TPSA) is 99.0 Å². The lowest BCUT2D eigenvalue weighted by atomic mass is 10.1. The molecule has 0 saturated carbocycles. The second-order valence-electron chi connectivity index (χ2n) is 5.89. The van der Waals surface area contributed by atoms with Crippen molar-refractivity contribution in [2.75, 3.05) is 11.9 Å². The summed E-state index contributed by atoms with van der Waals surface area (Å²) in [7, 11) is 0. The standard InChI is InChI=1S/C19H19N5O3/c1-14(25)15-7-9-18(10-8-15)27-11-3-6-19(26)21-16-4-2-5-17(12-16)24-13-20-22-23-24/h2,4-5,7-10,12-13H,3,6,11H2,1H3,(H,21,26). The molecule has 0 aliphatic rings. The van der Waals surface area contributed by atoms with Crippen LogP contribution in [0.25, 0.3) is 5.69 Å². The average molecular weight is 365 g/mol. The van der Waals surface area contributed by atoms with Crippen LogP contribution >= 0.6 is 0 Å². The maximum Gasteiger partial charge on any atom is 0.224 e. The van der Waals surface area contributed by atoms with Crippen LogP contribution in [-0.2, 0) is 4.79 Å². The summed E-state index contributed by atoms with van der Waals surface area (Å²) in [6, 6.07) is 14.2. The van der Waals surface area contributed by atoms with Crippen molar-refractivity contribution in [3.05, 3.63) is 60.4 Å². The molecule has 0 bridgehead atoms. The molecule has 1 N–H and O–H groups in total. The Balaban J connectivity index is 1.43. The lowest BCUT2D eigenvalue weighted by molar-refractivity contribution is -0.116. The fraction of sp³-hybridized carbons (Fsp3) is 0.211. The zero-order chi connectivity index (χ0) is 19.1. The van der Waals surface area contributed by atoms with E-state index >= 15 is 0 Å². The SMILES string of the molecule is CC(=O)c1ccc(OCCCC(=O)Nc2cccc(-n3cnnn3)c2)cc1. The Bertz CT molecular complexity index is 907. The predicted molar refractivity (Wildman–Crippen MR) is 99.0 cm³/mol. The molecule has 8 nitrogen and oxygen atoms in total. The number of aromatic nitrogens is 4. The number of carbonyl (C=O) groups is 2. The van der Waals surface area contributed by atoms with Crippen molar-refractivity contribution in [2.24, 2.45) is 0 Å². The summed E-state index contributed by atoms with van der Waals surface area (Å²) in [4.78, 5) is 23.3. The Morgan fingerprint density at radius 2 is 1.96 bits per heavy atom. The molecule has 0 aliphatic heterocycles. The number of rotatable bonds is 8. The number of nitrogens with zero attached hydrogens (tertiary/aromatic N) is 4. The third-order valence-electron chi connectivity index (χ3n) is 3.82. The molecule has 8 heteroatoms. The minimum absolute atomic E-state index is 0.0161. The fourth-order valence-corrected chi connectivity index (χ4v) is 2.44. The van der Waals surface area contributed by atoms with Crippen LogP contribution in [0.4, 0.5) is 5.69 Å². The Morgan fingerprint density at radius 1 is 1.15 bits per heavy atom. The van der Waals surface area contributed by atoms with Crippen molar-refractivity contribution < 1.29 is 14.3 Å². The van der Waals surface area contributed by atoms with E-state index in [1.807, 2.05) is 12.1 Å². The molecule has 27 heavy (non-hydrogen) atoms. The highest BCUT2D eigenvalue weighted by Crippen LogP contribution is 2.15. The zero-order valence-electron chi connectivity index (χ0n) is 14.8. The smallest absolute Gasteiger partial charge is 0.224 e. The van der Waals surface area contributed by atoms with E-state index in [1.54, 1.807) is 36.4 Å². The molecule has 0 unspecified atom stereocenters. The normalized spacial score (nSPS) is 10.4. The fourth-order valence-electron chi connectivity index (χ4n) is 2.44. The number of benzene rings is 2. The molecular formula is C19H19N5O3. The largest absolute Gasteiger partial charge is 0.494 e. The van der Waals surface area contributed by atoms with Gasteiger partial charge in [0.2, 0.25) is 5.91 Å². The van der Waals surface area contributed by atoms with E-state index in [-0.39, 0.29) is 11.7 Å². The van der Waals surface area contributed by atoms with E-state index in [1.165, 1.54) is 17.9 Å². The highest BCUT2D eigenvalue weighted by atomic mass is 16.5. The second kappa shape index (κ2) is 8.70. The quantitative estimate of drug-likeness (QED) is 0.487. The van der Waals surface area contributed by atoms with Crippen LogP contribution < -0.4 is 10.1 Å². The van der Waals surface area contributed by atoms with Gasteiger partial charge in [-0.25, -0.2) is 4.68 Å². The lowest BCUT2D eigenvalue weighted by Crippen LogP contribution is -2.13. The second-order valence-corrected chi connectivity index (χ2v) is 5.89. The van der Waals surface area contributed by atoms with Crippen molar-refractivity contribution in [1.82, 2.24) is 20.2 Å². The first-order valence-electron chi connectivity index (χ1n) is 8.49. The van der Waals surface area contributed by atoms with Gasteiger partial charge in [0.25, 0.3) is 0 Å². The van der Waals surface area contributed by atoms with Crippen molar-refractivity contribution in [3.8, 4) is 11.4 Å². The Labute approximate surface area is 156 Å². The number of nitrogens with one attached hydrogen (secondary N) is 1. The van der Waals surface area contributed by atoms with Crippen molar-refractivity contribution in [2.45, 2.75) is 19.8 Å². The monoisotopic (exact) mass is 365 g/mol. The third kappa shape index (κ3) is 5.21. The van der Waals surface area contributed by atoms with Gasteiger partial charge in [0.05, 0.1) is 12.3 Å². The van der Waals surface area contributed by atoms with Crippen molar-refractivity contribution >= 4 is 17.4 Å². The average Bonchev–Trinajstić information content (AvgIpc) is 3.21. The van der Waals surface area contributed by atoms with Gasteiger partial charge in [-0.05, 0) is 66.2 Å². The summed E-state index contributed by atoms with van der Waals surface area (Å²) in [5.74, 6) is 0.594. The number of carbonyl (C=O) groups excluding carboxylic acids is 2. The van der Waals surface area contributed by atoms with E-state index in [4.69, 9.17) is 4.74 Å². The molecule has 0 saturated heterocycles. The van der Waals surface area contributed by atoms with Gasteiger partial charge in [0.1, 0.15) is 12.1 Å². The molecule has 1 heterocycles. The molecule has 3 aromatic rings. The van der Waals surface area contributed by atoms with Gasteiger partial charge >= 0.3 is 0 Å². The number of ketones is 1. The van der Waals surface area contributed by atoms with Crippen LogP contribution in [0.1, 0.15) is 30.1 Å². The summed E-state index contributed by atoms with van der Waals surface area (Å²) < 4.78 is 7.11. The number of Topliss-reactive ketones (excluding diaryl/α,β-unsaturated/α-hetero) is 1. The van der Waals surface area contributed by atoms with Gasteiger partial charge in [-0.1, -0.05) is 6.07 Å². The number of hydrogen-bond acceptors (Lipinski definition) is 6. The molecule has 0 atom stereocenters. The molecule has 1 aromatic heterocycles. The molecule has 0 radical (unpaired) electrons. The van der Waals surface area contributed by atoms with Crippen LogP contribution in [0.15, 0.2) is 54.9 Å². The Hall–Kier alpha value is -3.55. The van der Waals surface area contributed by atoms with E-state index in [2.05, 4.69) is 20.8 Å². The molecule has 2 aromatic carbocycles. The first-order chi connectivity index (χ1) is 13.1. The van der Waals surface area contributed by atoms with E-state index < -0.39 is 0 Å². The third-order valence-corrected chi connectivity index (χ3v) is 3.82. The first-order valence-corrected chi connectivity index (χ1v) is 8.49. The van der Waals surface area contributed by atoms with E-state index in [9.17, 15) is 9.59 Å². The summed E-state index contributed by atoms with van der Waals surface area (Å²) >= 11 is 0. The molecule has 0 spiro atoms. The van der Waals surface area contributed by atoms with Crippen LogP contribution in [0.2, 0.25) is 0 Å². The van der Waals surface area contributed by atoms with Crippen LogP contribution in [0.5, 0.6) is 5.75 Å². The van der Waals surface area contributed by atoms with Crippen molar-refractivity contribution in [1.29, 1.82) is 0 Å². The van der Waals surface area contributed by atoms with Crippen molar-refractivity contribution in [3.63, 3.8) is 0 Å².